The number of rotatable bonds is 2. The molecule has 3 rings (SSSR count). The fraction of sp³-hybridized carbons (Fsp3) is 1.00. The van der Waals surface area contributed by atoms with Crippen molar-refractivity contribution in [2.45, 2.75) is 57.1 Å². The van der Waals surface area contributed by atoms with Crippen LogP contribution in [0.5, 0.6) is 0 Å². The van der Waals surface area contributed by atoms with E-state index in [1.54, 1.807) is 0 Å². The number of hydrogen-bond donors (Lipinski definition) is 1. The van der Waals surface area contributed by atoms with E-state index in [1.165, 1.54) is 25.7 Å². The highest BCUT2D eigenvalue weighted by atomic mass is 16.3. The van der Waals surface area contributed by atoms with Gasteiger partial charge in [0, 0.05) is 12.6 Å². The number of nitrogens with zero attached hydrogens (tertiary/aromatic N) is 1. The van der Waals surface area contributed by atoms with E-state index in [1.807, 2.05) is 0 Å². The lowest BCUT2D eigenvalue weighted by atomic mass is 9.79. The molecule has 0 radical (unpaired) electrons. The first-order valence-corrected chi connectivity index (χ1v) is 6.98. The molecule has 2 saturated carbocycles. The van der Waals surface area contributed by atoms with Crippen LogP contribution in [0.4, 0.5) is 0 Å². The summed E-state index contributed by atoms with van der Waals surface area (Å²) in [6, 6.07) is 0.559. The molecule has 0 aromatic rings. The maximum Gasteiger partial charge on any atom is 0.0791 e. The Kier molecular flexibility index (Phi) is 2.56. The van der Waals surface area contributed by atoms with Crippen molar-refractivity contribution >= 4 is 0 Å². The van der Waals surface area contributed by atoms with E-state index in [0.717, 1.165) is 37.1 Å². The lowest BCUT2D eigenvalue weighted by Gasteiger charge is -2.30. The summed E-state index contributed by atoms with van der Waals surface area (Å²) >= 11 is 0. The van der Waals surface area contributed by atoms with Crippen LogP contribution in [0.2, 0.25) is 0 Å². The second-order valence-corrected chi connectivity index (χ2v) is 6.83. The standard InChI is InChI=1S/C14H25NO/c1-10-7-14(16,9-15(10)2)8-13-6-11-3-4-12(13)5-11/h10-13,16H,3-9H2,1-2H3. The Hall–Kier alpha value is -0.0800. The van der Waals surface area contributed by atoms with Gasteiger partial charge in [-0.05, 0) is 63.8 Å². The first-order chi connectivity index (χ1) is 7.56. The van der Waals surface area contributed by atoms with Crippen molar-refractivity contribution < 1.29 is 5.11 Å². The van der Waals surface area contributed by atoms with Crippen LogP contribution in [0.25, 0.3) is 0 Å². The van der Waals surface area contributed by atoms with E-state index in [2.05, 4.69) is 18.9 Å². The zero-order valence-electron chi connectivity index (χ0n) is 10.7. The van der Waals surface area contributed by atoms with Crippen LogP contribution < -0.4 is 0 Å². The predicted molar refractivity (Wildman–Crippen MR) is 65.2 cm³/mol. The number of likely N-dealkylation sites (tertiary alicyclic amines) is 1. The highest BCUT2D eigenvalue weighted by molar-refractivity contribution is 4.99. The molecule has 1 saturated heterocycles. The third-order valence-corrected chi connectivity index (χ3v) is 5.50. The van der Waals surface area contributed by atoms with Crippen molar-refractivity contribution in [3.63, 3.8) is 0 Å². The lowest BCUT2D eigenvalue weighted by molar-refractivity contribution is 0.0175. The third-order valence-electron chi connectivity index (χ3n) is 5.50. The topological polar surface area (TPSA) is 23.5 Å². The van der Waals surface area contributed by atoms with Crippen molar-refractivity contribution in [2.75, 3.05) is 13.6 Å². The zero-order chi connectivity index (χ0) is 11.3. The summed E-state index contributed by atoms with van der Waals surface area (Å²) in [5.41, 5.74) is -0.372. The Morgan fingerprint density at radius 3 is 2.62 bits per heavy atom. The Labute approximate surface area is 99.0 Å². The Bertz CT molecular complexity index is 268. The monoisotopic (exact) mass is 223 g/mol. The fourth-order valence-electron chi connectivity index (χ4n) is 4.65. The lowest BCUT2D eigenvalue weighted by Crippen LogP contribution is -2.35. The number of β-amino-alcohol motifs (C(OH)–C–C–N with tert-alkyl or cyclic N) is 1. The molecule has 2 nitrogen and oxygen atoms in total. The molecule has 1 heterocycles. The second-order valence-electron chi connectivity index (χ2n) is 6.83. The SMILES string of the molecule is CC1CC(O)(CC2CC3CCC2C3)CN1C. The van der Waals surface area contributed by atoms with Gasteiger partial charge in [-0.3, -0.25) is 0 Å². The molecule has 0 amide bonds. The van der Waals surface area contributed by atoms with Gasteiger partial charge in [-0.2, -0.15) is 0 Å². The largest absolute Gasteiger partial charge is 0.388 e. The summed E-state index contributed by atoms with van der Waals surface area (Å²) in [7, 11) is 2.14. The molecule has 5 unspecified atom stereocenters. The molecule has 0 aromatic heterocycles. The van der Waals surface area contributed by atoms with Crippen LogP contribution in [0.3, 0.4) is 0 Å². The first-order valence-electron chi connectivity index (χ1n) is 6.98. The Morgan fingerprint density at radius 1 is 1.31 bits per heavy atom. The van der Waals surface area contributed by atoms with E-state index in [9.17, 15) is 5.11 Å². The van der Waals surface area contributed by atoms with Crippen molar-refractivity contribution in [3.8, 4) is 0 Å². The molecular formula is C14H25NO. The van der Waals surface area contributed by atoms with Gasteiger partial charge in [-0.15, -0.1) is 0 Å². The molecule has 16 heavy (non-hydrogen) atoms. The number of likely N-dealkylation sites (N-methyl/N-ethyl adjacent to an activating group) is 1. The maximum atomic E-state index is 10.7. The number of aliphatic hydroxyl groups is 1. The molecule has 92 valence electrons. The van der Waals surface area contributed by atoms with Crippen LogP contribution in [-0.4, -0.2) is 35.2 Å². The van der Waals surface area contributed by atoms with Crippen molar-refractivity contribution in [2.24, 2.45) is 17.8 Å². The summed E-state index contributed by atoms with van der Waals surface area (Å²) in [6.45, 7) is 3.13. The van der Waals surface area contributed by atoms with Gasteiger partial charge in [-0.1, -0.05) is 6.42 Å². The average molecular weight is 223 g/mol. The molecule has 0 aromatic carbocycles. The highest BCUT2D eigenvalue weighted by Gasteiger charge is 2.46. The summed E-state index contributed by atoms with van der Waals surface area (Å²) in [6.07, 6.45) is 7.84. The number of fused-ring (bicyclic) bond motifs is 2. The van der Waals surface area contributed by atoms with Gasteiger partial charge in [0.2, 0.25) is 0 Å². The van der Waals surface area contributed by atoms with Gasteiger partial charge >= 0.3 is 0 Å². The molecule has 2 aliphatic carbocycles. The van der Waals surface area contributed by atoms with Crippen molar-refractivity contribution in [1.29, 1.82) is 0 Å². The molecule has 5 atom stereocenters. The van der Waals surface area contributed by atoms with Crippen LogP contribution >= 0.6 is 0 Å². The average Bonchev–Trinajstić information content (AvgIpc) is 2.82. The Morgan fingerprint density at radius 2 is 2.12 bits per heavy atom. The van der Waals surface area contributed by atoms with Crippen molar-refractivity contribution in [1.82, 2.24) is 4.90 Å². The molecule has 3 aliphatic rings. The molecule has 1 N–H and O–H groups in total. The zero-order valence-corrected chi connectivity index (χ0v) is 10.7. The minimum atomic E-state index is -0.372. The molecule has 2 heteroatoms. The first kappa shape index (κ1) is 11.0. The second kappa shape index (κ2) is 3.71. The van der Waals surface area contributed by atoms with Gasteiger partial charge in [0.15, 0.2) is 0 Å². The van der Waals surface area contributed by atoms with Gasteiger partial charge in [0.05, 0.1) is 5.60 Å². The van der Waals surface area contributed by atoms with Crippen molar-refractivity contribution in [3.05, 3.63) is 0 Å². The van der Waals surface area contributed by atoms with E-state index in [0.29, 0.717) is 6.04 Å². The minimum absolute atomic E-state index is 0.372. The van der Waals surface area contributed by atoms with Gasteiger partial charge in [0.1, 0.15) is 0 Å². The third kappa shape index (κ3) is 1.80. The van der Waals surface area contributed by atoms with E-state index < -0.39 is 0 Å². The smallest absolute Gasteiger partial charge is 0.0791 e. The molecule has 2 bridgehead atoms. The molecule has 0 spiro atoms. The van der Waals surface area contributed by atoms with Gasteiger partial charge in [-0.25, -0.2) is 0 Å². The number of hydrogen-bond acceptors (Lipinski definition) is 2. The molecule has 1 aliphatic heterocycles. The summed E-state index contributed by atoms with van der Waals surface area (Å²) < 4.78 is 0. The van der Waals surface area contributed by atoms with Gasteiger partial charge < -0.3 is 10.0 Å². The summed E-state index contributed by atoms with van der Waals surface area (Å²) in [5.74, 6) is 2.80. The molecule has 3 fully saturated rings. The quantitative estimate of drug-likeness (QED) is 0.776. The fourth-order valence-corrected chi connectivity index (χ4v) is 4.65. The maximum absolute atomic E-state index is 10.7. The van der Waals surface area contributed by atoms with E-state index >= 15 is 0 Å². The Balaban J connectivity index is 1.62. The van der Waals surface area contributed by atoms with E-state index in [4.69, 9.17) is 0 Å². The summed E-state index contributed by atoms with van der Waals surface area (Å²) in [5, 5.41) is 10.7. The van der Waals surface area contributed by atoms with Crippen LogP contribution in [-0.2, 0) is 0 Å². The van der Waals surface area contributed by atoms with E-state index in [-0.39, 0.29) is 5.60 Å². The minimum Gasteiger partial charge on any atom is -0.388 e. The predicted octanol–water partition coefficient (Wildman–Crippen LogP) is 2.27. The summed E-state index contributed by atoms with van der Waals surface area (Å²) in [4.78, 5) is 2.31. The molecular weight excluding hydrogens is 198 g/mol. The van der Waals surface area contributed by atoms with Crippen LogP contribution in [0.15, 0.2) is 0 Å². The highest BCUT2D eigenvalue weighted by Crippen LogP contribution is 2.51. The van der Waals surface area contributed by atoms with Crippen LogP contribution in [0.1, 0.15) is 45.4 Å². The van der Waals surface area contributed by atoms with Crippen LogP contribution in [0, 0.1) is 17.8 Å². The van der Waals surface area contributed by atoms with Gasteiger partial charge in [0.25, 0.3) is 0 Å². The normalized spacial score (nSPS) is 52.7.